The lowest BCUT2D eigenvalue weighted by molar-refractivity contribution is -0.142. The standard InChI is InChI=1S/C15H27N5O6S/c1-6(2)11(17)14(24)20-9(5-27)13(23)19-8(4-10(16)21)12(22)18-7(3)15(25)26/h6-9,11,27H,4-5,17H2,1-3H3,(H2,16,21)(H,18,22)(H,19,23)(H,20,24)(H,25,26). The molecule has 0 aliphatic carbocycles. The van der Waals surface area contributed by atoms with Crippen LogP contribution in [0.5, 0.6) is 0 Å². The van der Waals surface area contributed by atoms with Crippen molar-refractivity contribution in [2.24, 2.45) is 17.4 Å². The van der Waals surface area contributed by atoms with Gasteiger partial charge in [0.15, 0.2) is 0 Å². The Morgan fingerprint density at radius 2 is 1.41 bits per heavy atom. The fourth-order valence-corrected chi connectivity index (χ4v) is 2.08. The molecule has 0 radical (unpaired) electrons. The van der Waals surface area contributed by atoms with Crippen molar-refractivity contribution in [3.63, 3.8) is 0 Å². The number of carboxylic acid groups (broad SMARTS) is 1. The van der Waals surface area contributed by atoms with Gasteiger partial charge in [0.2, 0.25) is 23.6 Å². The zero-order chi connectivity index (χ0) is 21.3. The topological polar surface area (TPSA) is 194 Å². The van der Waals surface area contributed by atoms with Crippen molar-refractivity contribution in [3.8, 4) is 0 Å². The summed E-state index contributed by atoms with van der Waals surface area (Å²) in [4.78, 5) is 58.5. The fourth-order valence-electron chi connectivity index (χ4n) is 1.82. The Hall–Kier alpha value is -2.34. The van der Waals surface area contributed by atoms with Crippen LogP contribution in [-0.2, 0) is 24.0 Å². The quantitative estimate of drug-likeness (QED) is 0.182. The molecule has 0 bridgehead atoms. The Bertz CT molecular complexity index is 585. The number of thiol groups is 1. The molecule has 0 heterocycles. The van der Waals surface area contributed by atoms with Crippen LogP contribution < -0.4 is 27.4 Å². The summed E-state index contributed by atoms with van der Waals surface area (Å²) in [6.45, 7) is 4.68. The van der Waals surface area contributed by atoms with Crippen molar-refractivity contribution in [1.82, 2.24) is 16.0 Å². The first-order chi connectivity index (χ1) is 12.4. The molecule has 0 aromatic rings. The molecule has 0 aliphatic heterocycles. The van der Waals surface area contributed by atoms with E-state index in [1.54, 1.807) is 13.8 Å². The number of nitrogens with one attached hydrogen (secondary N) is 3. The molecule has 0 saturated heterocycles. The maximum Gasteiger partial charge on any atom is 0.325 e. The number of primary amides is 1. The highest BCUT2D eigenvalue weighted by Gasteiger charge is 2.30. The molecule has 0 saturated carbocycles. The molecule has 0 fully saturated rings. The summed E-state index contributed by atoms with van der Waals surface area (Å²) >= 11 is 3.99. The highest BCUT2D eigenvalue weighted by Crippen LogP contribution is 2.01. The molecule has 4 atom stereocenters. The van der Waals surface area contributed by atoms with E-state index in [1.165, 1.54) is 6.92 Å². The summed E-state index contributed by atoms with van der Waals surface area (Å²) < 4.78 is 0. The zero-order valence-corrected chi connectivity index (χ0v) is 16.3. The highest BCUT2D eigenvalue weighted by molar-refractivity contribution is 7.80. The van der Waals surface area contributed by atoms with Crippen molar-refractivity contribution in [3.05, 3.63) is 0 Å². The van der Waals surface area contributed by atoms with Gasteiger partial charge in [0.05, 0.1) is 12.5 Å². The predicted octanol–water partition coefficient (Wildman–Crippen LogP) is -2.67. The van der Waals surface area contributed by atoms with Gasteiger partial charge < -0.3 is 32.5 Å². The van der Waals surface area contributed by atoms with Crippen molar-refractivity contribution in [2.45, 2.75) is 51.4 Å². The van der Waals surface area contributed by atoms with Crippen LogP contribution in [0.1, 0.15) is 27.2 Å². The number of carbonyl (C=O) groups excluding carboxylic acids is 4. The molecule has 4 amide bonds. The number of hydrogen-bond acceptors (Lipinski definition) is 7. The number of nitrogens with two attached hydrogens (primary N) is 2. The van der Waals surface area contributed by atoms with E-state index in [0.29, 0.717) is 0 Å². The number of amides is 4. The SMILES string of the molecule is CC(NC(=O)C(CC(N)=O)NC(=O)C(CS)NC(=O)C(N)C(C)C)C(=O)O. The van der Waals surface area contributed by atoms with Gasteiger partial charge in [-0.25, -0.2) is 0 Å². The molecule has 27 heavy (non-hydrogen) atoms. The maximum absolute atomic E-state index is 12.4. The molecule has 0 spiro atoms. The molecule has 11 nitrogen and oxygen atoms in total. The minimum atomic E-state index is -1.41. The third kappa shape index (κ3) is 8.73. The smallest absolute Gasteiger partial charge is 0.325 e. The summed E-state index contributed by atoms with van der Waals surface area (Å²) in [6.07, 6.45) is -0.553. The van der Waals surface area contributed by atoms with Crippen LogP contribution in [0.3, 0.4) is 0 Å². The lowest BCUT2D eigenvalue weighted by Crippen LogP contribution is -2.58. The minimum Gasteiger partial charge on any atom is -0.480 e. The Morgan fingerprint density at radius 3 is 1.81 bits per heavy atom. The van der Waals surface area contributed by atoms with Gasteiger partial charge in [-0.3, -0.25) is 24.0 Å². The van der Waals surface area contributed by atoms with Gasteiger partial charge in [0, 0.05) is 5.75 Å². The number of carboxylic acids is 1. The number of aliphatic carboxylic acids is 1. The lowest BCUT2D eigenvalue weighted by atomic mass is 10.0. The molecular formula is C15H27N5O6S. The van der Waals surface area contributed by atoms with Crippen molar-refractivity contribution < 1.29 is 29.1 Å². The summed E-state index contributed by atoms with van der Waals surface area (Å²) in [5.41, 5.74) is 10.8. The lowest BCUT2D eigenvalue weighted by Gasteiger charge is -2.24. The van der Waals surface area contributed by atoms with Gasteiger partial charge in [-0.05, 0) is 12.8 Å². The van der Waals surface area contributed by atoms with Crippen LogP contribution in [0.15, 0.2) is 0 Å². The molecule has 0 aromatic heterocycles. The molecular weight excluding hydrogens is 378 g/mol. The van der Waals surface area contributed by atoms with E-state index in [0.717, 1.165) is 0 Å². The van der Waals surface area contributed by atoms with Crippen LogP contribution in [0.25, 0.3) is 0 Å². The Balaban J connectivity index is 5.13. The highest BCUT2D eigenvalue weighted by atomic mass is 32.1. The van der Waals surface area contributed by atoms with Gasteiger partial charge in [0.25, 0.3) is 0 Å². The average Bonchev–Trinajstić information content (AvgIpc) is 2.56. The summed E-state index contributed by atoms with van der Waals surface area (Å²) in [5, 5.41) is 15.6. The van der Waals surface area contributed by atoms with Gasteiger partial charge in [-0.15, -0.1) is 0 Å². The van der Waals surface area contributed by atoms with Gasteiger partial charge in [-0.1, -0.05) is 13.8 Å². The van der Waals surface area contributed by atoms with E-state index in [-0.39, 0.29) is 11.7 Å². The van der Waals surface area contributed by atoms with Crippen LogP contribution in [0.4, 0.5) is 0 Å². The molecule has 0 rings (SSSR count). The number of rotatable bonds is 11. The Morgan fingerprint density at radius 1 is 0.926 bits per heavy atom. The van der Waals surface area contributed by atoms with Gasteiger partial charge >= 0.3 is 5.97 Å². The molecule has 0 aromatic carbocycles. The van der Waals surface area contributed by atoms with Crippen molar-refractivity contribution in [1.29, 1.82) is 0 Å². The van der Waals surface area contributed by atoms with Crippen LogP contribution in [0.2, 0.25) is 0 Å². The minimum absolute atomic E-state index is 0.0984. The monoisotopic (exact) mass is 405 g/mol. The maximum atomic E-state index is 12.4. The summed E-state index contributed by atoms with van der Waals surface area (Å²) in [5.74, 6) is -4.71. The second-order valence-electron chi connectivity index (χ2n) is 6.31. The molecule has 0 aliphatic rings. The number of carbonyl (C=O) groups is 5. The molecule has 154 valence electrons. The van der Waals surface area contributed by atoms with Gasteiger partial charge in [0.1, 0.15) is 18.1 Å². The van der Waals surface area contributed by atoms with E-state index in [9.17, 15) is 24.0 Å². The summed E-state index contributed by atoms with van der Waals surface area (Å²) in [6, 6.07) is -4.61. The fraction of sp³-hybridized carbons (Fsp3) is 0.667. The van der Waals surface area contributed by atoms with E-state index < -0.39 is 60.2 Å². The second-order valence-corrected chi connectivity index (χ2v) is 6.68. The largest absolute Gasteiger partial charge is 0.480 e. The molecule has 8 N–H and O–H groups in total. The third-order valence-electron chi connectivity index (χ3n) is 3.60. The Kier molecular flexibility index (Phi) is 10.4. The van der Waals surface area contributed by atoms with Gasteiger partial charge in [-0.2, -0.15) is 12.6 Å². The summed E-state index contributed by atoms with van der Waals surface area (Å²) in [7, 11) is 0. The van der Waals surface area contributed by atoms with Crippen molar-refractivity contribution in [2.75, 3.05) is 5.75 Å². The molecule has 12 heteroatoms. The molecule has 4 unspecified atom stereocenters. The zero-order valence-electron chi connectivity index (χ0n) is 15.4. The van der Waals surface area contributed by atoms with Crippen LogP contribution in [0, 0.1) is 5.92 Å². The van der Waals surface area contributed by atoms with Crippen LogP contribution >= 0.6 is 12.6 Å². The number of hydrogen-bond donors (Lipinski definition) is 7. The van der Waals surface area contributed by atoms with E-state index in [4.69, 9.17) is 16.6 Å². The first-order valence-electron chi connectivity index (χ1n) is 8.19. The third-order valence-corrected chi connectivity index (χ3v) is 3.97. The van der Waals surface area contributed by atoms with E-state index in [1.807, 2.05) is 0 Å². The van der Waals surface area contributed by atoms with E-state index in [2.05, 4.69) is 28.6 Å². The first kappa shape index (κ1) is 24.7. The normalized spacial score (nSPS) is 15.2. The first-order valence-corrected chi connectivity index (χ1v) is 8.82. The van der Waals surface area contributed by atoms with Crippen LogP contribution in [-0.4, -0.2) is 64.6 Å². The van der Waals surface area contributed by atoms with Crippen molar-refractivity contribution >= 4 is 42.2 Å². The Labute approximate surface area is 162 Å². The average molecular weight is 405 g/mol. The predicted molar refractivity (Wildman–Crippen MR) is 99.6 cm³/mol. The van der Waals surface area contributed by atoms with E-state index >= 15 is 0 Å². The second kappa shape index (κ2) is 11.4.